The maximum Gasteiger partial charge on any atom is 0.168 e. The lowest BCUT2D eigenvalue weighted by Gasteiger charge is -2.12. The first-order valence-corrected chi connectivity index (χ1v) is 5.03. The number of nitrogens with one attached hydrogen (secondary N) is 2. The molecule has 0 spiro atoms. The highest BCUT2D eigenvalue weighted by molar-refractivity contribution is 5.47. The van der Waals surface area contributed by atoms with Crippen molar-refractivity contribution < 1.29 is 18.6 Å². The lowest BCUT2D eigenvalue weighted by Crippen LogP contribution is -2.25. The molecule has 1 aromatic heterocycles. The highest BCUT2D eigenvalue weighted by Crippen LogP contribution is 2.18. The maximum absolute atomic E-state index is 13.3. The van der Waals surface area contributed by atoms with Crippen molar-refractivity contribution in [1.82, 2.24) is 4.98 Å². The van der Waals surface area contributed by atoms with Gasteiger partial charge < -0.3 is 20.5 Å². The molecule has 0 radical (unpaired) electrons. The molecular weight excluding hydrogens is 232 g/mol. The summed E-state index contributed by atoms with van der Waals surface area (Å²) in [4.78, 5) is 3.70. The van der Waals surface area contributed by atoms with E-state index in [0.717, 1.165) is 6.07 Å². The van der Waals surface area contributed by atoms with Crippen molar-refractivity contribution in [2.75, 3.05) is 37.9 Å². The Hall–Kier alpha value is -1.47. The molecule has 7 heteroatoms. The summed E-state index contributed by atoms with van der Waals surface area (Å²) in [5, 5.41) is 14.4. The van der Waals surface area contributed by atoms with Crippen LogP contribution in [0.5, 0.6) is 0 Å². The van der Waals surface area contributed by atoms with E-state index in [2.05, 4.69) is 15.6 Å². The highest BCUT2D eigenvalue weighted by Gasteiger charge is 2.12. The van der Waals surface area contributed by atoms with Crippen molar-refractivity contribution in [3.8, 4) is 0 Å². The van der Waals surface area contributed by atoms with Crippen LogP contribution >= 0.6 is 0 Å². The van der Waals surface area contributed by atoms with Gasteiger partial charge >= 0.3 is 0 Å². The predicted molar refractivity (Wildman–Crippen MR) is 60.1 cm³/mol. The van der Waals surface area contributed by atoms with E-state index in [9.17, 15) is 13.9 Å². The topological polar surface area (TPSA) is 66.4 Å². The number of hydrogen-bond donors (Lipinski definition) is 3. The zero-order valence-electron chi connectivity index (χ0n) is 9.63. The summed E-state index contributed by atoms with van der Waals surface area (Å²) in [7, 11) is 2.92. The largest absolute Gasteiger partial charge is 0.389 e. The molecule has 0 bridgehead atoms. The number of aliphatic hydroxyl groups excluding tert-OH is 1. The van der Waals surface area contributed by atoms with Gasteiger partial charge in [-0.25, -0.2) is 13.8 Å². The Balaban J connectivity index is 2.70. The Morgan fingerprint density at radius 2 is 2.06 bits per heavy atom. The number of nitrogens with zero attached hydrogens (tertiary/aromatic N) is 1. The average Bonchev–Trinajstić information content (AvgIpc) is 2.28. The van der Waals surface area contributed by atoms with Crippen LogP contribution in [0.15, 0.2) is 6.07 Å². The van der Waals surface area contributed by atoms with Crippen LogP contribution in [0.25, 0.3) is 0 Å². The molecular formula is C10H15F2N3O2. The number of aliphatic hydroxyl groups is 1. The summed E-state index contributed by atoms with van der Waals surface area (Å²) >= 11 is 0. The molecule has 0 aliphatic carbocycles. The standard InChI is InChI=1S/C10H15F2N3O2/c1-13-9-7(11)3-8(12)10(15-9)14-4-6(16)5-17-2/h3,6,16H,4-5H2,1-2H3,(H2,13,14,15). The van der Waals surface area contributed by atoms with Crippen molar-refractivity contribution in [2.45, 2.75) is 6.10 Å². The third-order valence-corrected chi connectivity index (χ3v) is 2.03. The normalized spacial score (nSPS) is 12.3. The summed E-state index contributed by atoms with van der Waals surface area (Å²) in [5.41, 5.74) is 0. The van der Waals surface area contributed by atoms with Gasteiger partial charge in [-0.05, 0) is 0 Å². The summed E-state index contributed by atoms with van der Waals surface area (Å²) in [6.45, 7) is 0.182. The lowest BCUT2D eigenvalue weighted by molar-refractivity contribution is 0.0727. The number of ether oxygens (including phenoxy) is 1. The van der Waals surface area contributed by atoms with Crippen LogP contribution in [0, 0.1) is 11.6 Å². The van der Waals surface area contributed by atoms with E-state index < -0.39 is 17.7 Å². The second kappa shape index (κ2) is 6.31. The fourth-order valence-corrected chi connectivity index (χ4v) is 1.23. The van der Waals surface area contributed by atoms with Crippen LogP contribution in [0.2, 0.25) is 0 Å². The minimum absolute atomic E-state index is 0.0601. The maximum atomic E-state index is 13.3. The van der Waals surface area contributed by atoms with Crippen molar-refractivity contribution >= 4 is 11.6 Å². The molecule has 1 aromatic rings. The smallest absolute Gasteiger partial charge is 0.168 e. The minimum atomic E-state index is -0.814. The number of anilines is 2. The molecule has 0 saturated heterocycles. The monoisotopic (exact) mass is 247 g/mol. The van der Waals surface area contributed by atoms with Crippen LogP contribution in [0.1, 0.15) is 0 Å². The van der Waals surface area contributed by atoms with Gasteiger partial charge in [0.1, 0.15) is 0 Å². The summed E-state index contributed by atoms with van der Waals surface area (Å²) in [6.07, 6.45) is -0.788. The molecule has 0 saturated carbocycles. The van der Waals surface area contributed by atoms with Crippen molar-refractivity contribution in [3.05, 3.63) is 17.7 Å². The van der Waals surface area contributed by atoms with E-state index in [-0.39, 0.29) is 24.8 Å². The molecule has 1 atom stereocenters. The number of halogens is 2. The lowest BCUT2D eigenvalue weighted by atomic mass is 10.3. The summed E-state index contributed by atoms with van der Waals surface area (Å²) in [6, 6.07) is 0.726. The third kappa shape index (κ3) is 3.79. The molecule has 17 heavy (non-hydrogen) atoms. The Kier molecular flexibility index (Phi) is 5.05. The fourth-order valence-electron chi connectivity index (χ4n) is 1.23. The zero-order chi connectivity index (χ0) is 12.8. The van der Waals surface area contributed by atoms with Gasteiger partial charge in [-0.15, -0.1) is 0 Å². The Morgan fingerprint density at radius 3 is 2.65 bits per heavy atom. The summed E-state index contributed by atoms with van der Waals surface area (Å²) < 4.78 is 31.1. The van der Waals surface area contributed by atoms with Crippen molar-refractivity contribution in [3.63, 3.8) is 0 Å². The van der Waals surface area contributed by atoms with Crippen LogP contribution < -0.4 is 10.6 Å². The van der Waals surface area contributed by atoms with Gasteiger partial charge in [-0.2, -0.15) is 0 Å². The molecule has 96 valence electrons. The first-order chi connectivity index (χ1) is 8.08. The van der Waals surface area contributed by atoms with Crippen LogP contribution in [0.3, 0.4) is 0 Å². The first-order valence-electron chi connectivity index (χ1n) is 5.03. The van der Waals surface area contributed by atoms with Crippen LogP contribution in [-0.4, -0.2) is 43.5 Å². The average molecular weight is 247 g/mol. The minimum Gasteiger partial charge on any atom is -0.389 e. The second-order valence-electron chi connectivity index (χ2n) is 3.39. The molecule has 1 unspecified atom stereocenters. The van der Waals surface area contributed by atoms with E-state index >= 15 is 0 Å². The molecule has 0 aliphatic rings. The number of hydrogen-bond acceptors (Lipinski definition) is 5. The Labute approximate surface area is 97.8 Å². The van der Waals surface area contributed by atoms with E-state index in [0.29, 0.717) is 0 Å². The van der Waals surface area contributed by atoms with E-state index in [1.807, 2.05) is 0 Å². The molecule has 0 aliphatic heterocycles. The molecule has 1 rings (SSSR count). The highest BCUT2D eigenvalue weighted by atomic mass is 19.1. The molecule has 0 fully saturated rings. The van der Waals surface area contributed by atoms with Gasteiger partial charge in [-0.1, -0.05) is 0 Å². The van der Waals surface area contributed by atoms with Gasteiger partial charge in [0.2, 0.25) is 0 Å². The SMILES string of the molecule is CNc1nc(NCC(O)COC)c(F)cc1F. The molecule has 0 aromatic carbocycles. The summed E-state index contributed by atoms with van der Waals surface area (Å²) in [5.74, 6) is -1.76. The zero-order valence-corrected chi connectivity index (χ0v) is 9.63. The Morgan fingerprint density at radius 1 is 1.41 bits per heavy atom. The molecule has 0 amide bonds. The first kappa shape index (κ1) is 13.6. The van der Waals surface area contributed by atoms with Crippen molar-refractivity contribution in [1.29, 1.82) is 0 Å². The number of methoxy groups -OCH3 is 1. The fraction of sp³-hybridized carbons (Fsp3) is 0.500. The van der Waals surface area contributed by atoms with E-state index in [1.54, 1.807) is 0 Å². The van der Waals surface area contributed by atoms with Crippen LogP contribution in [0.4, 0.5) is 20.4 Å². The van der Waals surface area contributed by atoms with Gasteiger partial charge in [0.25, 0.3) is 0 Å². The van der Waals surface area contributed by atoms with Gasteiger partial charge in [-0.3, -0.25) is 0 Å². The van der Waals surface area contributed by atoms with Crippen LogP contribution in [-0.2, 0) is 4.74 Å². The second-order valence-corrected chi connectivity index (χ2v) is 3.39. The quantitative estimate of drug-likeness (QED) is 0.694. The van der Waals surface area contributed by atoms with Gasteiger partial charge in [0.05, 0.1) is 12.7 Å². The molecule has 5 nitrogen and oxygen atoms in total. The van der Waals surface area contributed by atoms with E-state index in [1.165, 1.54) is 14.2 Å². The predicted octanol–water partition coefficient (Wildman–Crippen LogP) is 0.821. The number of pyridine rings is 1. The number of aromatic nitrogens is 1. The van der Waals surface area contributed by atoms with Gasteiger partial charge in [0, 0.05) is 26.8 Å². The molecule has 1 heterocycles. The molecule has 3 N–H and O–H groups in total. The Bertz CT molecular complexity index is 377. The van der Waals surface area contributed by atoms with Crippen molar-refractivity contribution in [2.24, 2.45) is 0 Å². The number of rotatable bonds is 6. The third-order valence-electron chi connectivity index (χ3n) is 2.03. The van der Waals surface area contributed by atoms with E-state index in [4.69, 9.17) is 4.74 Å². The van der Waals surface area contributed by atoms with Gasteiger partial charge in [0.15, 0.2) is 23.3 Å².